The van der Waals surface area contributed by atoms with Gasteiger partial charge >= 0.3 is 649 Å². The first-order valence-electron chi connectivity index (χ1n) is 35.7. The Morgan fingerprint density at radius 3 is 0.629 bits per heavy atom. The standard InChI is InChI=1S/4C25H19S.Sn/c4*1-18-14-15-23(25(26)16-18)24(20-8-3-2-4-9-20)17-21-12-7-11-19-10-5-6-13-22(19)21;/h4*3-17,26H,1H3;/b4*24-17+;. The summed E-state index contributed by atoms with van der Waals surface area (Å²) in [6.07, 6.45) is 9.46. The first-order valence-corrected chi connectivity index (χ1v) is 43.2. The summed E-state index contributed by atoms with van der Waals surface area (Å²) in [6, 6.07) is 126. The van der Waals surface area contributed by atoms with E-state index in [2.05, 4.69) is 392 Å². The van der Waals surface area contributed by atoms with Crippen molar-refractivity contribution < 1.29 is 0 Å². The molecule has 105 heavy (non-hydrogen) atoms. The number of benzene rings is 16. The third-order valence-electron chi connectivity index (χ3n) is 20.8. The van der Waals surface area contributed by atoms with Crippen LogP contribution in [0.2, 0.25) is 0 Å². The Morgan fingerprint density at radius 1 is 0.219 bits per heavy atom. The topological polar surface area (TPSA) is 0 Å². The van der Waals surface area contributed by atoms with E-state index >= 15 is 0 Å². The molecule has 0 heterocycles. The van der Waals surface area contributed by atoms with Crippen LogP contribution in [0.5, 0.6) is 0 Å². The van der Waals surface area contributed by atoms with Crippen LogP contribution in [-0.4, -0.2) is 18.4 Å². The summed E-state index contributed by atoms with van der Waals surface area (Å²) in [5.41, 5.74) is 22.3. The Bertz CT molecular complexity index is 5370. The predicted molar refractivity (Wildman–Crippen MR) is 467 cm³/mol. The first-order chi connectivity index (χ1) is 51.3. The molecule has 0 aromatic heterocycles. The summed E-state index contributed by atoms with van der Waals surface area (Å²) in [5, 5.41) is 9.57. The normalized spacial score (nSPS) is 12.4. The van der Waals surface area contributed by atoms with Crippen LogP contribution in [0.1, 0.15) is 89.0 Å². The summed E-state index contributed by atoms with van der Waals surface area (Å²) in [6.45, 7) is 8.55. The van der Waals surface area contributed by atoms with Crippen molar-refractivity contribution >= 4 is 173 Å². The van der Waals surface area contributed by atoms with Crippen LogP contribution in [0.4, 0.5) is 0 Å². The Hall–Kier alpha value is -10.3. The van der Waals surface area contributed by atoms with Crippen LogP contribution in [0, 0.1) is 27.7 Å². The van der Waals surface area contributed by atoms with E-state index in [0.29, 0.717) is 0 Å². The van der Waals surface area contributed by atoms with Gasteiger partial charge in [0.1, 0.15) is 0 Å². The molecule has 0 aliphatic carbocycles. The summed E-state index contributed by atoms with van der Waals surface area (Å²) in [7, 11) is 0. The van der Waals surface area contributed by atoms with E-state index in [1.165, 1.54) is 57.4 Å². The third-order valence-corrected chi connectivity index (χ3v) is 36.0. The molecule has 16 aromatic carbocycles. The van der Waals surface area contributed by atoms with E-state index in [-0.39, 0.29) is 0 Å². The maximum atomic E-state index is 5.25. The summed E-state index contributed by atoms with van der Waals surface area (Å²) >= 11 is 16.2. The Labute approximate surface area is 643 Å². The Balaban J connectivity index is 0.960. The van der Waals surface area contributed by atoms with Crippen LogP contribution in [0.25, 0.3) is 89.7 Å². The van der Waals surface area contributed by atoms with Crippen molar-refractivity contribution in [1.82, 2.24) is 0 Å². The van der Waals surface area contributed by atoms with Crippen LogP contribution < -0.4 is 14.3 Å². The summed E-state index contributed by atoms with van der Waals surface area (Å²) < 4.78 is 5.20. The van der Waals surface area contributed by atoms with E-state index in [1.54, 1.807) is 0 Å². The van der Waals surface area contributed by atoms with Crippen LogP contribution in [0.3, 0.4) is 0 Å². The van der Waals surface area contributed by atoms with Crippen LogP contribution in [-0.2, 0) is 0 Å². The first kappa shape index (κ1) is 69.1. The summed E-state index contributed by atoms with van der Waals surface area (Å²) in [5.74, 6) is 0. The molecule has 0 N–H and O–H groups in total. The molecule has 0 saturated heterocycles. The fourth-order valence-electron chi connectivity index (χ4n) is 15.5. The third kappa shape index (κ3) is 14.0. The average molecular weight is 1520 g/mol. The average Bonchev–Trinajstić information content (AvgIpc) is 0.725. The predicted octanol–water partition coefficient (Wildman–Crippen LogP) is 24.4. The van der Waals surface area contributed by atoms with E-state index in [1.807, 2.05) is 0 Å². The fourth-order valence-corrected chi connectivity index (χ4v) is 30.4. The van der Waals surface area contributed by atoms with Gasteiger partial charge in [0.15, 0.2) is 0 Å². The molecular weight excluding hydrogens is 1450 g/mol. The SMILES string of the molecule is Cc1ccc(/C(=C/c2cccc3ccccc23)c2cc[c]([Sn]([c]3ccc(/C(=C\c4cccc5ccccc45)c4ccc(C)cc4S)cc3)([c]3ccc(/C(=C\c4cccc5ccccc45)c4ccc(C)cc4S)cc3)[c]3ccc(/C(=C\c4cccc5ccccc45)c4ccc(C)cc4S)cc3)cc2)c(S)c1. The molecule has 0 unspecified atom stereocenters. The van der Waals surface area contributed by atoms with Crippen LogP contribution >= 0.6 is 50.5 Å². The van der Waals surface area contributed by atoms with E-state index < -0.39 is 18.4 Å². The number of hydrogen-bond acceptors (Lipinski definition) is 4. The molecule has 0 nitrogen and oxygen atoms in total. The molecule has 0 fully saturated rings. The van der Waals surface area contributed by atoms with Gasteiger partial charge in [-0.3, -0.25) is 0 Å². The molecule has 0 spiro atoms. The van der Waals surface area contributed by atoms with E-state index in [4.69, 9.17) is 50.5 Å². The molecule has 0 saturated carbocycles. The van der Waals surface area contributed by atoms with Gasteiger partial charge in [-0.2, -0.15) is 0 Å². The second-order valence-electron chi connectivity index (χ2n) is 27.6. The van der Waals surface area contributed by atoms with E-state index in [9.17, 15) is 0 Å². The monoisotopic (exact) mass is 1520 g/mol. The molecule has 0 aliphatic heterocycles. The molecule has 0 radical (unpaired) electrons. The zero-order valence-corrected chi connectivity index (χ0v) is 65.4. The van der Waals surface area contributed by atoms with Gasteiger partial charge in [-0.15, -0.1) is 0 Å². The number of aryl methyl sites for hydroxylation is 4. The van der Waals surface area contributed by atoms with Crippen molar-refractivity contribution in [3.8, 4) is 0 Å². The van der Waals surface area contributed by atoms with E-state index in [0.717, 1.165) is 131 Å². The van der Waals surface area contributed by atoms with Crippen molar-refractivity contribution in [3.05, 3.63) is 429 Å². The van der Waals surface area contributed by atoms with Crippen molar-refractivity contribution in [3.63, 3.8) is 0 Å². The maximum absolute atomic E-state index is 5.25. The minimum atomic E-state index is -4.80. The second-order valence-corrected chi connectivity index (χ2v) is 40.4. The van der Waals surface area contributed by atoms with Gasteiger partial charge in [-0.05, 0) is 0 Å². The molecule has 504 valence electrons. The molecule has 0 atom stereocenters. The molecule has 16 rings (SSSR count). The van der Waals surface area contributed by atoms with Gasteiger partial charge in [-0.25, -0.2) is 0 Å². The Kier molecular flexibility index (Phi) is 19.8. The molecule has 0 amide bonds. The molecule has 0 aliphatic rings. The number of hydrogen-bond donors (Lipinski definition) is 4. The summed E-state index contributed by atoms with van der Waals surface area (Å²) in [4.78, 5) is 3.71. The fraction of sp³-hybridized carbons (Fsp3) is 0.0400. The minimum absolute atomic E-state index is 0.929. The molecule has 16 aromatic rings. The van der Waals surface area contributed by atoms with Crippen molar-refractivity contribution in [2.75, 3.05) is 0 Å². The van der Waals surface area contributed by atoms with Gasteiger partial charge in [-0.1, -0.05) is 0 Å². The molecule has 0 bridgehead atoms. The quantitative estimate of drug-likeness (QED) is 0.0414. The number of rotatable bonds is 16. The Morgan fingerprint density at radius 2 is 0.419 bits per heavy atom. The molecular formula is C100H76S4Sn. The number of thiol groups is 4. The zero-order valence-electron chi connectivity index (χ0n) is 58.9. The van der Waals surface area contributed by atoms with Crippen LogP contribution in [0.15, 0.2) is 359 Å². The number of fused-ring (bicyclic) bond motifs is 4. The van der Waals surface area contributed by atoms with Crippen molar-refractivity contribution in [2.24, 2.45) is 0 Å². The zero-order chi connectivity index (χ0) is 71.7. The molecule has 5 heteroatoms. The van der Waals surface area contributed by atoms with Gasteiger partial charge < -0.3 is 0 Å². The second kappa shape index (κ2) is 30.1. The van der Waals surface area contributed by atoms with Crippen molar-refractivity contribution in [2.45, 2.75) is 47.3 Å². The van der Waals surface area contributed by atoms with Gasteiger partial charge in [0, 0.05) is 0 Å². The van der Waals surface area contributed by atoms with Crippen molar-refractivity contribution in [1.29, 1.82) is 0 Å². The van der Waals surface area contributed by atoms with Gasteiger partial charge in [0.2, 0.25) is 0 Å². The van der Waals surface area contributed by atoms with Gasteiger partial charge in [0.05, 0.1) is 0 Å². The van der Waals surface area contributed by atoms with Gasteiger partial charge in [0.25, 0.3) is 0 Å².